The second-order valence-corrected chi connectivity index (χ2v) is 4.92. The molecule has 1 aromatic carbocycles. The molecule has 0 aliphatic rings. The molecular formula is C15H19ClO4. The van der Waals surface area contributed by atoms with Crippen LogP contribution in [0.1, 0.15) is 38.7 Å². The van der Waals surface area contributed by atoms with Gasteiger partial charge in [-0.1, -0.05) is 49.6 Å². The summed E-state index contributed by atoms with van der Waals surface area (Å²) in [6.07, 6.45) is 1.54. The molecule has 0 heterocycles. The molecule has 4 nitrogen and oxygen atoms in total. The lowest BCUT2D eigenvalue weighted by molar-refractivity contribution is -0.162. The maximum atomic E-state index is 12.3. The normalized spacial score (nSPS) is 13.6. The molecule has 1 unspecified atom stereocenters. The molecule has 5 heteroatoms. The zero-order chi connectivity index (χ0) is 15.2. The Bertz CT molecular complexity index is 487. The smallest absolute Gasteiger partial charge is 0.328 e. The molecule has 1 atom stereocenters. The molecule has 0 radical (unpaired) electrons. The fourth-order valence-electron chi connectivity index (χ4n) is 2.16. The Morgan fingerprint density at radius 3 is 2.45 bits per heavy atom. The number of aliphatic carboxylic acids is 1. The van der Waals surface area contributed by atoms with E-state index < -0.39 is 17.4 Å². The zero-order valence-corrected chi connectivity index (χ0v) is 12.4. The Morgan fingerprint density at radius 2 is 1.95 bits per heavy atom. The van der Waals surface area contributed by atoms with Crippen LogP contribution in [0.15, 0.2) is 24.3 Å². The van der Waals surface area contributed by atoms with Gasteiger partial charge in [0.15, 0.2) is 5.41 Å². The largest absolute Gasteiger partial charge is 0.480 e. The van der Waals surface area contributed by atoms with Crippen LogP contribution < -0.4 is 0 Å². The molecule has 0 aliphatic heterocycles. The Labute approximate surface area is 123 Å². The van der Waals surface area contributed by atoms with Gasteiger partial charge >= 0.3 is 11.9 Å². The number of carboxylic acid groups (broad SMARTS) is 1. The van der Waals surface area contributed by atoms with Crippen LogP contribution in [0.4, 0.5) is 0 Å². The topological polar surface area (TPSA) is 63.6 Å². The molecule has 0 bridgehead atoms. The van der Waals surface area contributed by atoms with E-state index in [0.29, 0.717) is 12.0 Å². The first-order chi connectivity index (χ1) is 9.50. The van der Waals surface area contributed by atoms with Crippen molar-refractivity contribution in [2.24, 2.45) is 0 Å². The quantitative estimate of drug-likeness (QED) is 0.619. The maximum Gasteiger partial charge on any atom is 0.328 e. The van der Waals surface area contributed by atoms with Gasteiger partial charge in [-0.05, 0) is 25.0 Å². The van der Waals surface area contributed by atoms with Crippen LogP contribution in [0, 0.1) is 0 Å². The van der Waals surface area contributed by atoms with Crippen molar-refractivity contribution in [1.29, 1.82) is 0 Å². The van der Waals surface area contributed by atoms with E-state index in [1.807, 2.05) is 6.92 Å². The molecular weight excluding hydrogens is 280 g/mol. The first-order valence-electron chi connectivity index (χ1n) is 6.66. The summed E-state index contributed by atoms with van der Waals surface area (Å²) in [5, 5.41) is 9.93. The van der Waals surface area contributed by atoms with Crippen molar-refractivity contribution in [3.05, 3.63) is 34.9 Å². The average Bonchev–Trinajstić information content (AvgIpc) is 2.41. The number of carbonyl (C=O) groups is 2. The summed E-state index contributed by atoms with van der Waals surface area (Å²) in [4.78, 5) is 24.1. The number of hydrogen-bond acceptors (Lipinski definition) is 3. The van der Waals surface area contributed by atoms with Crippen molar-refractivity contribution in [3.63, 3.8) is 0 Å². The number of unbranched alkanes of at least 4 members (excludes halogenated alkanes) is 1. The van der Waals surface area contributed by atoms with E-state index >= 15 is 0 Å². The Hall–Kier alpha value is -1.55. The lowest BCUT2D eigenvalue weighted by Gasteiger charge is -2.28. The number of halogens is 1. The fraction of sp³-hybridized carbons (Fsp3) is 0.467. The van der Waals surface area contributed by atoms with Gasteiger partial charge in [-0.3, -0.25) is 9.59 Å². The van der Waals surface area contributed by atoms with Crippen LogP contribution in [-0.2, 0) is 19.7 Å². The van der Waals surface area contributed by atoms with Crippen molar-refractivity contribution in [2.45, 2.75) is 38.5 Å². The highest BCUT2D eigenvalue weighted by Crippen LogP contribution is 2.36. The highest BCUT2D eigenvalue weighted by molar-refractivity contribution is 6.32. The Morgan fingerprint density at radius 1 is 1.30 bits per heavy atom. The molecule has 0 saturated carbocycles. The van der Waals surface area contributed by atoms with E-state index in [1.165, 1.54) is 0 Å². The van der Waals surface area contributed by atoms with Gasteiger partial charge in [0.1, 0.15) is 0 Å². The molecule has 1 N–H and O–H groups in total. The molecule has 110 valence electrons. The van der Waals surface area contributed by atoms with Gasteiger partial charge < -0.3 is 9.84 Å². The zero-order valence-electron chi connectivity index (χ0n) is 11.7. The highest BCUT2D eigenvalue weighted by atomic mass is 35.5. The number of rotatable bonds is 7. The molecule has 20 heavy (non-hydrogen) atoms. The number of benzene rings is 1. The summed E-state index contributed by atoms with van der Waals surface area (Å²) in [5.74, 6) is -1.98. The molecule has 0 saturated heterocycles. The van der Waals surface area contributed by atoms with Crippen LogP contribution >= 0.6 is 11.6 Å². The summed E-state index contributed by atoms with van der Waals surface area (Å²) in [7, 11) is 0. The van der Waals surface area contributed by atoms with Gasteiger partial charge in [-0.15, -0.1) is 0 Å². The third-order valence-corrected chi connectivity index (χ3v) is 3.56. The number of carbonyl (C=O) groups excluding carboxylic acids is 1. The summed E-state index contributed by atoms with van der Waals surface area (Å²) in [5.41, 5.74) is -1.44. The van der Waals surface area contributed by atoms with Gasteiger partial charge in [0.05, 0.1) is 6.61 Å². The molecule has 0 spiro atoms. The third kappa shape index (κ3) is 3.12. The van der Waals surface area contributed by atoms with Crippen molar-refractivity contribution in [3.8, 4) is 0 Å². The number of hydrogen-bond donors (Lipinski definition) is 1. The first-order valence-corrected chi connectivity index (χ1v) is 7.04. The van der Waals surface area contributed by atoms with Crippen molar-refractivity contribution in [1.82, 2.24) is 0 Å². The first kappa shape index (κ1) is 16.5. The van der Waals surface area contributed by atoms with Crippen LogP contribution in [0.25, 0.3) is 0 Å². The van der Waals surface area contributed by atoms with Gasteiger partial charge in [0.2, 0.25) is 0 Å². The predicted molar refractivity (Wildman–Crippen MR) is 76.9 cm³/mol. The molecule has 0 fully saturated rings. The average molecular weight is 299 g/mol. The summed E-state index contributed by atoms with van der Waals surface area (Å²) in [6, 6.07) is 6.52. The molecule has 1 aromatic rings. The fourth-order valence-corrected chi connectivity index (χ4v) is 2.46. The molecule has 0 aromatic heterocycles. The van der Waals surface area contributed by atoms with Crippen molar-refractivity contribution < 1.29 is 19.4 Å². The van der Waals surface area contributed by atoms with E-state index in [2.05, 4.69) is 0 Å². The monoisotopic (exact) mass is 298 g/mol. The number of esters is 1. The third-order valence-electron chi connectivity index (χ3n) is 3.23. The van der Waals surface area contributed by atoms with E-state index in [1.54, 1.807) is 31.2 Å². The van der Waals surface area contributed by atoms with Crippen molar-refractivity contribution in [2.75, 3.05) is 6.61 Å². The van der Waals surface area contributed by atoms with Gasteiger partial charge in [-0.2, -0.15) is 0 Å². The SMILES string of the molecule is CCCCC(C(=O)O)(C(=O)OCC)c1ccccc1Cl. The summed E-state index contributed by atoms with van der Waals surface area (Å²) >= 11 is 6.10. The molecule has 0 aliphatic carbocycles. The lowest BCUT2D eigenvalue weighted by Crippen LogP contribution is -2.45. The molecule has 1 rings (SSSR count). The Kier molecular flexibility index (Phi) is 6.02. The van der Waals surface area contributed by atoms with E-state index in [0.717, 1.165) is 6.42 Å². The van der Waals surface area contributed by atoms with Gasteiger partial charge in [0.25, 0.3) is 0 Å². The summed E-state index contributed by atoms with van der Waals surface area (Å²) in [6.45, 7) is 3.71. The molecule has 0 amide bonds. The minimum absolute atomic E-state index is 0.129. The van der Waals surface area contributed by atoms with Crippen LogP contribution in [0.2, 0.25) is 5.02 Å². The summed E-state index contributed by atoms with van der Waals surface area (Å²) < 4.78 is 5.00. The minimum atomic E-state index is -1.73. The van der Waals surface area contributed by atoms with E-state index in [-0.39, 0.29) is 18.1 Å². The number of carboxylic acids is 1. The van der Waals surface area contributed by atoms with Gasteiger partial charge in [-0.25, -0.2) is 0 Å². The second-order valence-electron chi connectivity index (χ2n) is 4.51. The van der Waals surface area contributed by atoms with Gasteiger partial charge in [0, 0.05) is 5.02 Å². The number of ether oxygens (including phenoxy) is 1. The highest BCUT2D eigenvalue weighted by Gasteiger charge is 2.49. The van der Waals surface area contributed by atoms with Crippen LogP contribution in [-0.4, -0.2) is 23.7 Å². The van der Waals surface area contributed by atoms with Crippen molar-refractivity contribution >= 4 is 23.5 Å². The minimum Gasteiger partial charge on any atom is -0.480 e. The maximum absolute atomic E-state index is 12.3. The Balaban J connectivity index is 3.40. The lowest BCUT2D eigenvalue weighted by atomic mass is 9.76. The van der Waals surface area contributed by atoms with E-state index in [9.17, 15) is 14.7 Å². The predicted octanol–water partition coefficient (Wildman–Crippen LogP) is 3.42. The second kappa shape index (κ2) is 7.29. The van der Waals surface area contributed by atoms with Crippen LogP contribution in [0.3, 0.4) is 0 Å². The van der Waals surface area contributed by atoms with E-state index in [4.69, 9.17) is 16.3 Å². The standard InChI is InChI=1S/C15H19ClO4/c1-3-5-10-15(13(17)18,14(19)20-4-2)11-8-6-7-9-12(11)16/h6-9H,3-5,10H2,1-2H3,(H,17,18). The van der Waals surface area contributed by atoms with Crippen LogP contribution in [0.5, 0.6) is 0 Å².